The monoisotopic (exact) mass is 682 g/mol. The van der Waals surface area contributed by atoms with Crippen LogP contribution in [0.5, 0.6) is 0 Å². The lowest BCUT2D eigenvalue weighted by Crippen LogP contribution is -2.70. The molecule has 0 radical (unpaired) electrons. The number of nitrogens with zero attached hydrogens (tertiary/aromatic N) is 4. The molecule has 2 amide bonds. The summed E-state index contributed by atoms with van der Waals surface area (Å²) in [5.74, 6) is -1.09. The summed E-state index contributed by atoms with van der Waals surface area (Å²) in [6.07, 6.45) is 0. The number of fused-ring (bicyclic) bond motifs is 1. The molecular formula is C20H23ClN8O5S6. The molecule has 8 N–H and O–H groups in total. The molecule has 20 heteroatoms. The van der Waals surface area contributed by atoms with Crippen LogP contribution >= 0.6 is 81.3 Å². The van der Waals surface area contributed by atoms with Crippen LogP contribution in [0.1, 0.15) is 29.7 Å². The van der Waals surface area contributed by atoms with E-state index in [0.717, 1.165) is 30.5 Å². The van der Waals surface area contributed by atoms with Gasteiger partial charge in [0.05, 0.1) is 15.3 Å². The van der Waals surface area contributed by atoms with Crippen molar-refractivity contribution < 1.29 is 19.5 Å². The van der Waals surface area contributed by atoms with Crippen molar-refractivity contribution >= 4 is 104 Å². The molecule has 2 aliphatic rings. The first-order chi connectivity index (χ1) is 19.1. The highest BCUT2D eigenvalue weighted by Gasteiger charge is 2.55. The van der Waals surface area contributed by atoms with Crippen LogP contribution in [0, 0.1) is 4.91 Å². The Morgan fingerprint density at radius 1 is 1.32 bits per heavy atom. The number of thioether (sulfide) groups is 4. The van der Waals surface area contributed by atoms with Crippen LogP contribution in [0.15, 0.2) is 24.3 Å². The van der Waals surface area contributed by atoms with Crippen molar-refractivity contribution in [1.29, 1.82) is 0 Å². The van der Waals surface area contributed by atoms with Gasteiger partial charge in [0.2, 0.25) is 6.04 Å². The largest absolute Gasteiger partial charge is 0.477 e. The Kier molecular flexibility index (Phi) is 10.7. The average molecular weight is 683 g/mol. The minimum atomic E-state index is -1.61. The molecule has 216 valence electrons. The number of nitrogens with two attached hydrogens (primary N) is 3. The molecule has 0 bridgehead atoms. The van der Waals surface area contributed by atoms with E-state index in [-0.39, 0.29) is 26.6 Å². The third kappa shape index (κ3) is 6.41. The van der Waals surface area contributed by atoms with Gasteiger partial charge in [0.1, 0.15) is 27.1 Å². The second kappa shape index (κ2) is 13.6. The number of hydrogen-bond acceptors (Lipinski definition) is 16. The number of nitrogens with one attached hydrogen (secondary N) is 1. The summed E-state index contributed by atoms with van der Waals surface area (Å²) in [6.45, 7) is 2.46. The molecule has 4 atom stereocenters. The fraction of sp³-hybridized carbons (Fsp3) is 0.450. The number of aromatic nitrogens is 2. The van der Waals surface area contributed by atoms with E-state index in [1.165, 1.54) is 58.4 Å². The number of carboxylic acid groups (broad SMARTS) is 1. The fourth-order valence-corrected chi connectivity index (χ4v) is 10.6. The topological polar surface area (TPSA) is 220 Å². The van der Waals surface area contributed by atoms with Gasteiger partial charge in [-0.2, -0.15) is 0 Å². The minimum Gasteiger partial charge on any atom is -0.477 e. The molecule has 2 aliphatic heterocycles. The number of carbonyl (C=O) groups is 3. The van der Waals surface area contributed by atoms with Gasteiger partial charge < -0.3 is 27.6 Å². The zero-order valence-electron chi connectivity index (χ0n) is 20.6. The molecule has 2 unspecified atom stereocenters. The smallest absolute Gasteiger partial charge is 0.353 e. The van der Waals surface area contributed by atoms with E-state index < -0.39 is 40.6 Å². The quantitative estimate of drug-likeness (QED) is 0.0888. The summed E-state index contributed by atoms with van der Waals surface area (Å²) >= 11 is 13.8. The van der Waals surface area contributed by atoms with E-state index in [2.05, 4.69) is 20.5 Å². The number of nitroso groups, excluding NO2 is 1. The van der Waals surface area contributed by atoms with Gasteiger partial charge >= 0.3 is 5.97 Å². The number of rotatable bonds is 13. The summed E-state index contributed by atoms with van der Waals surface area (Å²) in [4.78, 5) is 59.9. The van der Waals surface area contributed by atoms with Crippen LogP contribution in [-0.4, -0.2) is 73.0 Å². The maximum Gasteiger partial charge on any atom is 0.353 e. The molecule has 2 aromatic heterocycles. The van der Waals surface area contributed by atoms with Gasteiger partial charge in [-0.05, 0) is 10.9 Å². The molecule has 2 aromatic rings. The van der Waals surface area contributed by atoms with Gasteiger partial charge in [0, 0.05) is 23.0 Å². The van der Waals surface area contributed by atoms with Crippen LogP contribution < -0.4 is 22.5 Å². The Hall–Kier alpha value is -1.58. The molecule has 1 fully saturated rings. The number of amides is 2. The van der Waals surface area contributed by atoms with Crippen LogP contribution in [0.4, 0.5) is 5.13 Å². The number of β-lactam (4-membered cyclic amide) rings is 1. The van der Waals surface area contributed by atoms with Crippen molar-refractivity contribution in [3.8, 4) is 0 Å². The predicted molar refractivity (Wildman–Crippen MR) is 163 cm³/mol. The van der Waals surface area contributed by atoms with E-state index in [1.807, 2.05) is 6.92 Å². The third-order valence-corrected chi connectivity index (χ3v) is 12.5. The lowest BCUT2D eigenvalue weighted by atomic mass is 10.0. The molecule has 0 saturated carbocycles. The lowest BCUT2D eigenvalue weighted by Gasteiger charge is -2.49. The molecule has 1 saturated heterocycles. The highest BCUT2D eigenvalue weighted by Crippen LogP contribution is 2.49. The Labute approximate surface area is 258 Å². The summed E-state index contributed by atoms with van der Waals surface area (Å²) in [7, 11) is 0. The van der Waals surface area contributed by atoms with Crippen LogP contribution in [-0.2, 0) is 14.4 Å². The van der Waals surface area contributed by atoms with Gasteiger partial charge in [-0.25, -0.2) is 14.8 Å². The Balaban J connectivity index is 1.55. The predicted octanol–water partition coefficient (Wildman–Crippen LogP) is 2.89. The van der Waals surface area contributed by atoms with Crippen LogP contribution in [0.25, 0.3) is 0 Å². The zero-order chi connectivity index (χ0) is 29.1. The molecule has 13 nitrogen and oxygen atoms in total. The van der Waals surface area contributed by atoms with Crippen molar-refractivity contribution in [1.82, 2.24) is 20.2 Å². The van der Waals surface area contributed by atoms with Crippen molar-refractivity contribution in [2.24, 2.45) is 16.6 Å². The number of anilines is 1. The second-order valence-corrected chi connectivity index (χ2v) is 15.8. The molecular weight excluding hydrogens is 660 g/mol. The molecule has 4 rings (SSSR count). The highest BCUT2D eigenvalue weighted by atomic mass is 35.5. The van der Waals surface area contributed by atoms with Gasteiger partial charge in [-0.1, -0.05) is 53.4 Å². The fourth-order valence-electron chi connectivity index (χ4n) is 3.75. The highest BCUT2D eigenvalue weighted by molar-refractivity contribution is 8.08. The number of aliphatic carboxylic acids is 1. The summed E-state index contributed by atoms with van der Waals surface area (Å²) < 4.78 is 1.56. The van der Waals surface area contributed by atoms with E-state index in [9.17, 15) is 24.4 Å². The number of carboxylic acids is 1. The normalized spacial score (nSPS) is 20.1. The van der Waals surface area contributed by atoms with E-state index in [1.54, 1.807) is 0 Å². The van der Waals surface area contributed by atoms with Gasteiger partial charge in [0.15, 0.2) is 9.47 Å². The lowest BCUT2D eigenvalue weighted by molar-refractivity contribution is -0.150. The number of nitrogen functional groups attached to an aromatic ring is 1. The number of hydrogen-bond donors (Lipinski definition) is 5. The van der Waals surface area contributed by atoms with Gasteiger partial charge in [-0.3, -0.25) is 14.5 Å². The van der Waals surface area contributed by atoms with Gasteiger partial charge in [-0.15, -0.1) is 39.8 Å². The Morgan fingerprint density at radius 3 is 2.67 bits per heavy atom. The number of halogens is 1. The Morgan fingerprint density at radius 2 is 2.08 bits per heavy atom. The third-order valence-electron chi connectivity index (χ3n) is 5.45. The molecule has 40 heavy (non-hydrogen) atoms. The summed E-state index contributed by atoms with van der Waals surface area (Å²) in [5, 5.41) is 14.3. The van der Waals surface area contributed by atoms with E-state index >= 15 is 0 Å². The average Bonchev–Trinajstić information content (AvgIpc) is 3.47. The first kappa shape index (κ1) is 31.4. The molecule has 0 aromatic carbocycles. The first-order valence-electron chi connectivity index (χ1n) is 11.4. The standard InChI is InChI=1S/C20H23ClN8O5S6/c1-2-35-13(23)9-18(40-20(27-9)36-4-3-22)38-6-5-37-16-10(15(31)29(16)11(6)17(32)33)25-14(30)8(28-34)7-12(21)39-19(24)26-7/h8,10,13,16H,2-5,22-23H2,1H3,(H2,24,26)(H,25,30)(H,32,33)/t8?,10-,13?,16+/m1/s1. The summed E-state index contributed by atoms with van der Waals surface area (Å²) in [6, 6.07) is -2.68. The Bertz CT molecular complexity index is 1350. The molecule has 4 heterocycles. The van der Waals surface area contributed by atoms with E-state index in [4.69, 9.17) is 28.8 Å². The maximum atomic E-state index is 13.1. The number of carbonyl (C=O) groups excluding carboxylic acids is 2. The molecule has 0 aliphatic carbocycles. The first-order valence-corrected chi connectivity index (χ1v) is 17.4. The van der Waals surface area contributed by atoms with Crippen molar-refractivity contribution in [2.75, 3.05) is 29.5 Å². The zero-order valence-corrected chi connectivity index (χ0v) is 26.2. The van der Waals surface area contributed by atoms with Crippen molar-refractivity contribution in [2.45, 2.75) is 38.3 Å². The van der Waals surface area contributed by atoms with Gasteiger partial charge in [0.25, 0.3) is 11.8 Å². The van der Waals surface area contributed by atoms with E-state index in [0.29, 0.717) is 22.9 Å². The minimum absolute atomic E-state index is 0.0349. The van der Waals surface area contributed by atoms with Crippen molar-refractivity contribution in [3.05, 3.63) is 31.2 Å². The SMILES string of the molecule is CCSC(N)c1nc(SCCN)sc1SC1=C(C(=O)O)N2C(=O)[C@@H](NC(=O)C(N=O)c3nc(N)sc3Cl)[C@@H]2SC1. The second-order valence-electron chi connectivity index (χ2n) is 7.96. The molecule has 0 spiro atoms. The van der Waals surface area contributed by atoms with Crippen molar-refractivity contribution in [3.63, 3.8) is 0 Å². The number of thiazole rings is 2. The summed E-state index contributed by atoms with van der Waals surface area (Å²) in [5.41, 5.74) is 18.0. The van der Waals surface area contributed by atoms with Crippen LogP contribution in [0.2, 0.25) is 4.34 Å². The van der Waals surface area contributed by atoms with Crippen LogP contribution in [0.3, 0.4) is 0 Å². The maximum absolute atomic E-state index is 13.1.